The summed E-state index contributed by atoms with van der Waals surface area (Å²) in [5.74, 6) is -2.86. The van der Waals surface area contributed by atoms with Crippen LogP contribution in [0.25, 0.3) is 22.3 Å². The molecule has 6 rings (SSSR count). The Morgan fingerprint density at radius 2 is 2.03 bits per heavy atom. The number of hydrogen-bond donors (Lipinski definition) is 1. The van der Waals surface area contributed by atoms with Gasteiger partial charge in [0.15, 0.2) is 0 Å². The number of alkyl halides is 2. The summed E-state index contributed by atoms with van der Waals surface area (Å²) in [5, 5.41) is 15.2. The fourth-order valence-corrected chi connectivity index (χ4v) is 6.59. The molecule has 38 heavy (non-hydrogen) atoms. The fourth-order valence-electron chi connectivity index (χ4n) is 6.59. The van der Waals surface area contributed by atoms with Crippen LogP contribution in [0.3, 0.4) is 0 Å². The van der Waals surface area contributed by atoms with E-state index in [0.29, 0.717) is 32.1 Å². The molecule has 2 saturated heterocycles. The van der Waals surface area contributed by atoms with Crippen molar-refractivity contribution < 1.29 is 13.6 Å². The molecule has 3 aliphatic rings. The van der Waals surface area contributed by atoms with E-state index in [1.807, 2.05) is 28.0 Å². The Bertz CT molecular complexity index is 1360. The highest BCUT2D eigenvalue weighted by Crippen LogP contribution is 2.40. The van der Waals surface area contributed by atoms with Crippen molar-refractivity contribution in [1.82, 2.24) is 34.5 Å². The van der Waals surface area contributed by atoms with E-state index in [9.17, 15) is 18.8 Å². The Balaban J connectivity index is 1.11. The number of hydrogen-bond acceptors (Lipinski definition) is 6. The molecular weight excluding hydrogens is 490 g/mol. The van der Waals surface area contributed by atoms with E-state index in [2.05, 4.69) is 37.9 Å². The van der Waals surface area contributed by atoms with Gasteiger partial charge in [0.25, 0.3) is 0 Å². The van der Waals surface area contributed by atoms with Gasteiger partial charge in [-0.25, -0.2) is 18.7 Å². The van der Waals surface area contributed by atoms with Gasteiger partial charge in [-0.1, -0.05) is 0 Å². The van der Waals surface area contributed by atoms with Crippen LogP contribution in [0.5, 0.6) is 0 Å². The maximum atomic E-state index is 13.6. The van der Waals surface area contributed by atoms with E-state index in [1.54, 1.807) is 6.20 Å². The zero-order valence-electron chi connectivity index (χ0n) is 21.5. The van der Waals surface area contributed by atoms with Gasteiger partial charge in [-0.3, -0.25) is 14.4 Å². The van der Waals surface area contributed by atoms with Crippen LogP contribution in [-0.2, 0) is 10.3 Å². The summed E-state index contributed by atoms with van der Waals surface area (Å²) in [5.41, 5.74) is 2.05. The number of likely N-dealkylation sites (tertiary alicyclic amines) is 2. The molecule has 1 amide bonds. The zero-order valence-corrected chi connectivity index (χ0v) is 21.5. The van der Waals surface area contributed by atoms with Crippen molar-refractivity contribution in [2.24, 2.45) is 5.92 Å². The maximum Gasteiger partial charge on any atom is 0.248 e. The molecule has 1 saturated carbocycles. The van der Waals surface area contributed by atoms with Crippen molar-refractivity contribution in [3.8, 4) is 17.3 Å². The molecule has 1 N–H and O–H groups in total. The van der Waals surface area contributed by atoms with Gasteiger partial charge >= 0.3 is 0 Å². The summed E-state index contributed by atoms with van der Waals surface area (Å²) < 4.78 is 29.0. The largest absolute Gasteiger partial charge is 0.346 e. The molecule has 0 bridgehead atoms. The second-order valence-corrected chi connectivity index (χ2v) is 11.3. The van der Waals surface area contributed by atoms with Crippen molar-refractivity contribution in [2.75, 3.05) is 19.6 Å². The monoisotopic (exact) mass is 522 g/mol. The number of rotatable bonds is 5. The lowest BCUT2D eigenvalue weighted by Gasteiger charge is -2.54. The third kappa shape index (κ3) is 4.34. The molecule has 1 aliphatic carbocycles. The Morgan fingerprint density at radius 3 is 2.76 bits per heavy atom. The van der Waals surface area contributed by atoms with Crippen LogP contribution < -0.4 is 0 Å². The van der Waals surface area contributed by atoms with Crippen molar-refractivity contribution in [3.05, 3.63) is 31.0 Å². The predicted octanol–water partition coefficient (Wildman–Crippen LogP) is 3.95. The zero-order chi connectivity index (χ0) is 26.5. The van der Waals surface area contributed by atoms with Crippen molar-refractivity contribution in [3.63, 3.8) is 0 Å². The first kappa shape index (κ1) is 24.9. The van der Waals surface area contributed by atoms with E-state index in [1.165, 1.54) is 6.33 Å². The minimum Gasteiger partial charge on any atom is -0.346 e. The Labute approximate surface area is 219 Å². The molecule has 11 heteroatoms. The van der Waals surface area contributed by atoms with Crippen molar-refractivity contribution in [2.45, 2.75) is 75.4 Å². The van der Waals surface area contributed by atoms with Gasteiger partial charge in [-0.2, -0.15) is 10.4 Å². The number of nitriles is 1. The minimum atomic E-state index is -2.62. The van der Waals surface area contributed by atoms with Crippen LogP contribution in [0.2, 0.25) is 0 Å². The molecular formula is C27H32F2N8O. The quantitative estimate of drug-likeness (QED) is 0.544. The predicted molar refractivity (Wildman–Crippen MR) is 136 cm³/mol. The average Bonchev–Trinajstić information content (AvgIpc) is 3.56. The molecule has 2 unspecified atom stereocenters. The summed E-state index contributed by atoms with van der Waals surface area (Å²) in [6.07, 6.45) is 9.35. The normalized spacial score (nSPS) is 25.7. The summed E-state index contributed by atoms with van der Waals surface area (Å²) in [4.78, 5) is 29.2. The first-order valence-electron chi connectivity index (χ1n) is 13.4. The SMILES string of the molecule is CC1CC(N2CC(CC#N)(n3cc(-c4ncnc5[nH]ccc45)cn3)C2)CCN1C(=O)C1CCC(F)(F)CC1. The Hall–Kier alpha value is -3.39. The van der Waals surface area contributed by atoms with Crippen molar-refractivity contribution in [1.29, 1.82) is 5.26 Å². The maximum absolute atomic E-state index is 13.6. The molecule has 3 aromatic rings. The number of carbonyl (C=O) groups is 1. The van der Waals surface area contributed by atoms with Gasteiger partial charge in [0.2, 0.25) is 11.8 Å². The van der Waals surface area contributed by atoms with E-state index >= 15 is 0 Å². The number of nitrogens with zero attached hydrogens (tertiary/aromatic N) is 7. The second-order valence-electron chi connectivity index (χ2n) is 11.3. The van der Waals surface area contributed by atoms with Crippen LogP contribution in [0.15, 0.2) is 31.0 Å². The van der Waals surface area contributed by atoms with Crippen LogP contribution in [0.4, 0.5) is 8.78 Å². The molecule has 0 spiro atoms. The fraction of sp³-hybridized carbons (Fsp3) is 0.593. The van der Waals surface area contributed by atoms with Crippen LogP contribution in [0.1, 0.15) is 51.9 Å². The molecule has 200 valence electrons. The van der Waals surface area contributed by atoms with Gasteiger partial charge in [0.05, 0.1) is 24.4 Å². The first-order valence-corrected chi connectivity index (χ1v) is 13.4. The van der Waals surface area contributed by atoms with Gasteiger partial charge in [0.1, 0.15) is 17.5 Å². The van der Waals surface area contributed by atoms with E-state index in [0.717, 1.165) is 35.1 Å². The van der Waals surface area contributed by atoms with E-state index in [4.69, 9.17) is 0 Å². The minimum absolute atomic E-state index is 0.0409. The summed E-state index contributed by atoms with van der Waals surface area (Å²) in [6.45, 7) is 4.14. The number of amides is 1. The van der Waals surface area contributed by atoms with Crippen LogP contribution >= 0.6 is 0 Å². The number of H-pyrrole nitrogens is 1. The van der Waals surface area contributed by atoms with E-state index in [-0.39, 0.29) is 43.6 Å². The number of aromatic nitrogens is 5. The third-order valence-corrected chi connectivity index (χ3v) is 8.81. The van der Waals surface area contributed by atoms with Gasteiger partial charge in [0, 0.05) is 73.8 Å². The number of fused-ring (bicyclic) bond motifs is 1. The lowest BCUT2D eigenvalue weighted by molar-refractivity contribution is -0.145. The third-order valence-electron chi connectivity index (χ3n) is 8.81. The summed E-state index contributed by atoms with van der Waals surface area (Å²) >= 11 is 0. The highest BCUT2D eigenvalue weighted by atomic mass is 19.3. The molecule has 3 fully saturated rings. The van der Waals surface area contributed by atoms with Gasteiger partial charge in [-0.15, -0.1) is 0 Å². The number of aromatic amines is 1. The number of carbonyl (C=O) groups excluding carboxylic acids is 1. The van der Waals surface area contributed by atoms with Crippen LogP contribution in [-0.4, -0.2) is 78.1 Å². The Morgan fingerprint density at radius 1 is 1.24 bits per heavy atom. The molecule has 3 aromatic heterocycles. The molecule has 9 nitrogen and oxygen atoms in total. The number of piperidine rings is 1. The molecule has 2 atom stereocenters. The molecule has 5 heterocycles. The molecule has 0 radical (unpaired) electrons. The van der Waals surface area contributed by atoms with E-state index < -0.39 is 11.5 Å². The van der Waals surface area contributed by atoms with Crippen molar-refractivity contribution >= 4 is 16.9 Å². The highest BCUT2D eigenvalue weighted by molar-refractivity contribution is 5.90. The summed E-state index contributed by atoms with van der Waals surface area (Å²) in [7, 11) is 0. The number of halogens is 2. The van der Waals surface area contributed by atoms with Gasteiger partial charge in [-0.05, 0) is 38.7 Å². The smallest absolute Gasteiger partial charge is 0.248 e. The van der Waals surface area contributed by atoms with Gasteiger partial charge < -0.3 is 9.88 Å². The average molecular weight is 523 g/mol. The lowest BCUT2D eigenvalue weighted by atomic mass is 9.82. The highest BCUT2D eigenvalue weighted by Gasteiger charge is 2.49. The Kier molecular flexibility index (Phi) is 6.17. The topological polar surface area (TPSA) is 107 Å². The second kappa shape index (κ2) is 9.42. The molecule has 0 aromatic carbocycles. The number of nitrogens with one attached hydrogen (secondary N) is 1. The van der Waals surface area contributed by atoms with Crippen LogP contribution in [0, 0.1) is 17.2 Å². The lowest BCUT2D eigenvalue weighted by Crippen LogP contribution is -2.67. The standard InChI is InChI=1S/C27H32F2N8O/c1-18-12-21(5-11-36(18)25(38)19-2-6-27(28,29)7-3-19)35-15-26(16-35,8-9-30)37-14-20(13-34-37)23-22-4-10-31-24(22)33-17-32-23/h4,10,13-14,17-19,21H,2-3,5-8,11-12,15-16H2,1H3,(H,31,32,33). The summed E-state index contributed by atoms with van der Waals surface area (Å²) in [6, 6.07) is 4.68. The molecule has 2 aliphatic heterocycles. The first-order chi connectivity index (χ1) is 18.3.